The molecule has 1 saturated carbocycles. The second-order valence-corrected chi connectivity index (χ2v) is 5.08. The quantitative estimate of drug-likeness (QED) is 0.810. The molecule has 0 bridgehead atoms. The van der Waals surface area contributed by atoms with E-state index < -0.39 is 0 Å². The Bertz CT molecular complexity index is 340. The molecule has 1 aromatic rings. The molecular weight excluding hydrogens is 208 g/mol. The Morgan fingerprint density at radius 2 is 1.94 bits per heavy atom. The van der Waals surface area contributed by atoms with E-state index in [4.69, 9.17) is 0 Å². The summed E-state index contributed by atoms with van der Waals surface area (Å²) >= 11 is 0. The first kappa shape index (κ1) is 12.4. The molecule has 1 aliphatic rings. The fourth-order valence-electron chi connectivity index (χ4n) is 2.17. The van der Waals surface area contributed by atoms with Crippen molar-refractivity contribution >= 4 is 5.69 Å². The van der Waals surface area contributed by atoms with Gasteiger partial charge in [-0.1, -0.05) is 12.1 Å². The molecule has 2 heteroatoms. The lowest BCUT2D eigenvalue weighted by Crippen LogP contribution is -2.25. The lowest BCUT2D eigenvalue weighted by molar-refractivity contribution is 0.652. The third-order valence-electron chi connectivity index (χ3n) is 3.75. The fourth-order valence-corrected chi connectivity index (χ4v) is 2.17. The van der Waals surface area contributed by atoms with E-state index in [1.807, 2.05) is 7.05 Å². The van der Waals surface area contributed by atoms with Crippen molar-refractivity contribution in [2.75, 3.05) is 25.0 Å². The number of rotatable bonds is 6. The van der Waals surface area contributed by atoms with Crippen molar-refractivity contribution in [3.63, 3.8) is 0 Å². The standard InChI is InChI=1S/C15H24N2/c1-4-17(11-13-5-6-13)15-9-7-14(8-10-15)12(2)16-3/h7-10,12-13,16H,4-6,11H2,1-3H3. The molecule has 94 valence electrons. The zero-order chi connectivity index (χ0) is 12.3. The van der Waals surface area contributed by atoms with Crippen LogP contribution in [0.2, 0.25) is 0 Å². The van der Waals surface area contributed by atoms with Crippen LogP contribution in [0, 0.1) is 5.92 Å². The number of hydrogen-bond donors (Lipinski definition) is 1. The van der Waals surface area contributed by atoms with Crippen LogP contribution < -0.4 is 10.2 Å². The number of benzene rings is 1. The average Bonchev–Trinajstić information content (AvgIpc) is 3.19. The van der Waals surface area contributed by atoms with Crippen LogP contribution in [0.1, 0.15) is 38.3 Å². The number of nitrogens with zero attached hydrogens (tertiary/aromatic N) is 1. The van der Waals surface area contributed by atoms with Crippen molar-refractivity contribution in [3.05, 3.63) is 29.8 Å². The van der Waals surface area contributed by atoms with Crippen molar-refractivity contribution in [2.45, 2.75) is 32.7 Å². The number of nitrogens with one attached hydrogen (secondary N) is 1. The second kappa shape index (κ2) is 5.54. The Labute approximate surface area is 105 Å². The first-order valence-corrected chi connectivity index (χ1v) is 6.76. The molecule has 1 fully saturated rings. The monoisotopic (exact) mass is 232 g/mol. The highest BCUT2D eigenvalue weighted by Gasteiger charge is 2.23. The maximum Gasteiger partial charge on any atom is 0.0366 e. The van der Waals surface area contributed by atoms with E-state index in [1.54, 1.807) is 0 Å². The van der Waals surface area contributed by atoms with Gasteiger partial charge < -0.3 is 10.2 Å². The molecule has 1 aromatic carbocycles. The highest BCUT2D eigenvalue weighted by Crippen LogP contribution is 2.31. The summed E-state index contributed by atoms with van der Waals surface area (Å²) in [4.78, 5) is 2.49. The molecule has 0 amide bonds. The number of anilines is 1. The molecule has 0 aromatic heterocycles. The van der Waals surface area contributed by atoms with Crippen molar-refractivity contribution in [3.8, 4) is 0 Å². The first-order valence-electron chi connectivity index (χ1n) is 6.76. The Balaban J connectivity index is 2.04. The minimum atomic E-state index is 0.433. The number of hydrogen-bond acceptors (Lipinski definition) is 2. The summed E-state index contributed by atoms with van der Waals surface area (Å²) in [6.45, 7) is 6.78. The minimum Gasteiger partial charge on any atom is -0.372 e. The van der Waals surface area contributed by atoms with Crippen LogP contribution in [0.5, 0.6) is 0 Å². The molecule has 1 N–H and O–H groups in total. The highest BCUT2D eigenvalue weighted by atomic mass is 15.1. The summed E-state index contributed by atoms with van der Waals surface area (Å²) < 4.78 is 0. The van der Waals surface area contributed by atoms with E-state index in [0.29, 0.717) is 6.04 Å². The molecule has 0 aliphatic heterocycles. The lowest BCUT2D eigenvalue weighted by atomic mass is 10.1. The van der Waals surface area contributed by atoms with E-state index in [1.165, 1.54) is 30.6 Å². The third kappa shape index (κ3) is 3.22. The summed E-state index contributed by atoms with van der Waals surface area (Å²) in [6.07, 6.45) is 2.84. The molecule has 2 nitrogen and oxygen atoms in total. The van der Waals surface area contributed by atoms with Gasteiger partial charge in [-0.15, -0.1) is 0 Å². The van der Waals surface area contributed by atoms with Crippen molar-refractivity contribution in [1.82, 2.24) is 5.32 Å². The topological polar surface area (TPSA) is 15.3 Å². The van der Waals surface area contributed by atoms with Crippen molar-refractivity contribution in [2.24, 2.45) is 5.92 Å². The van der Waals surface area contributed by atoms with E-state index in [9.17, 15) is 0 Å². The van der Waals surface area contributed by atoms with Crippen molar-refractivity contribution < 1.29 is 0 Å². The minimum absolute atomic E-state index is 0.433. The fraction of sp³-hybridized carbons (Fsp3) is 0.600. The Morgan fingerprint density at radius 3 is 2.41 bits per heavy atom. The summed E-state index contributed by atoms with van der Waals surface area (Å²) in [5, 5.41) is 3.27. The van der Waals surface area contributed by atoms with Gasteiger partial charge in [0.25, 0.3) is 0 Å². The lowest BCUT2D eigenvalue weighted by Gasteiger charge is -2.23. The van der Waals surface area contributed by atoms with Gasteiger partial charge in [0.1, 0.15) is 0 Å². The van der Waals surface area contributed by atoms with E-state index in [2.05, 4.69) is 48.3 Å². The van der Waals surface area contributed by atoms with Gasteiger partial charge in [-0.3, -0.25) is 0 Å². The van der Waals surface area contributed by atoms with Gasteiger partial charge >= 0.3 is 0 Å². The summed E-state index contributed by atoms with van der Waals surface area (Å²) in [5.41, 5.74) is 2.73. The van der Waals surface area contributed by atoms with Gasteiger partial charge in [-0.25, -0.2) is 0 Å². The highest BCUT2D eigenvalue weighted by molar-refractivity contribution is 5.48. The maximum atomic E-state index is 3.27. The van der Waals surface area contributed by atoms with Gasteiger partial charge in [0.2, 0.25) is 0 Å². The SMILES string of the molecule is CCN(CC1CC1)c1ccc(C(C)NC)cc1. The molecule has 1 aliphatic carbocycles. The molecule has 0 radical (unpaired) electrons. The Kier molecular flexibility index (Phi) is 4.06. The average molecular weight is 232 g/mol. The van der Waals surface area contributed by atoms with Crippen LogP contribution in [-0.4, -0.2) is 20.1 Å². The molecule has 0 spiro atoms. The molecule has 0 saturated heterocycles. The second-order valence-electron chi connectivity index (χ2n) is 5.08. The van der Waals surface area contributed by atoms with Gasteiger partial charge in [-0.2, -0.15) is 0 Å². The Hall–Kier alpha value is -1.02. The first-order chi connectivity index (χ1) is 8.24. The third-order valence-corrected chi connectivity index (χ3v) is 3.75. The van der Waals surface area contributed by atoms with Crippen LogP contribution in [0.3, 0.4) is 0 Å². The Morgan fingerprint density at radius 1 is 1.29 bits per heavy atom. The van der Waals surface area contributed by atoms with Crippen LogP contribution in [0.4, 0.5) is 5.69 Å². The molecule has 1 unspecified atom stereocenters. The van der Waals surface area contributed by atoms with Gasteiger partial charge in [0.05, 0.1) is 0 Å². The van der Waals surface area contributed by atoms with Crippen LogP contribution in [0.15, 0.2) is 24.3 Å². The normalized spacial score (nSPS) is 16.9. The van der Waals surface area contributed by atoms with Crippen LogP contribution in [0.25, 0.3) is 0 Å². The summed E-state index contributed by atoms with van der Waals surface area (Å²) in [7, 11) is 2.00. The van der Waals surface area contributed by atoms with E-state index in [-0.39, 0.29) is 0 Å². The van der Waals surface area contributed by atoms with E-state index >= 15 is 0 Å². The van der Waals surface area contributed by atoms with Gasteiger partial charge in [-0.05, 0) is 57.4 Å². The molecule has 1 atom stereocenters. The zero-order valence-electron chi connectivity index (χ0n) is 11.2. The zero-order valence-corrected chi connectivity index (χ0v) is 11.2. The predicted octanol–water partition coefficient (Wildman–Crippen LogP) is 3.20. The molecule has 17 heavy (non-hydrogen) atoms. The smallest absolute Gasteiger partial charge is 0.0366 e. The predicted molar refractivity (Wildman–Crippen MR) is 74.5 cm³/mol. The largest absolute Gasteiger partial charge is 0.372 e. The maximum absolute atomic E-state index is 3.27. The summed E-state index contributed by atoms with van der Waals surface area (Å²) in [5.74, 6) is 0.950. The van der Waals surface area contributed by atoms with Crippen molar-refractivity contribution in [1.29, 1.82) is 0 Å². The molecular formula is C15H24N2. The van der Waals surface area contributed by atoms with Gasteiger partial charge in [0, 0.05) is 24.8 Å². The van der Waals surface area contributed by atoms with Crippen LogP contribution >= 0.6 is 0 Å². The molecule has 0 heterocycles. The molecule has 2 rings (SSSR count). The van der Waals surface area contributed by atoms with Crippen LogP contribution in [-0.2, 0) is 0 Å². The summed E-state index contributed by atoms with van der Waals surface area (Å²) in [6, 6.07) is 9.44. The van der Waals surface area contributed by atoms with Gasteiger partial charge in [0.15, 0.2) is 0 Å². The van der Waals surface area contributed by atoms with E-state index in [0.717, 1.165) is 12.5 Å².